The Morgan fingerprint density at radius 2 is 1.50 bits per heavy atom. The van der Waals surface area contributed by atoms with E-state index in [1.807, 2.05) is 82.3 Å². The van der Waals surface area contributed by atoms with E-state index in [1.54, 1.807) is 18.9 Å². The van der Waals surface area contributed by atoms with Crippen molar-refractivity contribution in [1.82, 2.24) is 4.67 Å². The second-order valence-corrected chi connectivity index (χ2v) is 11.1. The molecule has 0 saturated carbocycles. The molecule has 1 saturated heterocycles. The van der Waals surface area contributed by atoms with Crippen LogP contribution in [0.4, 0.5) is 5.69 Å². The van der Waals surface area contributed by atoms with Crippen molar-refractivity contribution in [2.24, 2.45) is 0 Å². The van der Waals surface area contributed by atoms with Crippen LogP contribution in [0.1, 0.15) is 51.7 Å². The molecule has 36 heavy (non-hydrogen) atoms. The molecule has 0 bridgehead atoms. The van der Waals surface area contributed by atoms with Crippen molar-refractivity contribution < 1.29 is 27.9 Å². The summed E-state index contributed by atoms with van der Waals surface area (Å²) in [6, 6.07) is 12.6. The van der Waals surface area contributed by atoms with E-state index < -0.39 is 13.8 Å². The molecule has 9 heteroatoms. The maximum Gasteiger partial charge on any atom is 0.409 e. The number of hydrogen-bond donors (Lipinski definition) is 1. The van der Waals surface area contributed by atoms with E-state index >= 15 is 0 Å². The number of benzene rings is 2. The van der Waals surface area contributed by atoms with E-state index in [0.29, 0.717) is 18.7 Å². The van der Waals surface area contributed by atoms with Crippen molar-refractivity contribution in [3.63, 3.8) is 0 Å². The van der Waals surface area contributed by atoms with Crippen LogP contribution in [-0.2, 0) is 18.4 Å². The van der Waals surface area contributed by atoms with Crippen LogP contribution in [-0.4, -0.2) is 49.6 Å². The molecule has 1 N–H and O–H groups in total. The van der Waals surface area contributed by atoms with Gasteiger partial charge in [0.05, 0.1) is 32.5 Å². The number of amides is 1. The lowest BCUT2D eigenvalue weighted by atomic mass is 10.1. The average molecular weight is 517 g/mol. The maximum atomic E-state index is 13.6. The van der Waals surface area contributed by atoms with Crippen molar-refractivity contribution in [1.29, 1.82) is 0 Å². The monoisotopic (exact) mass is 516 g/mol. The van der Waals surface area contributed by atoms with E-state index in [2.05, 4.69) is 5.32 Å². The standard InChI is InChI=1S/C27H37N2O6P/c1-19(2)34-36(31,35-20(3)4)29-15-7-8-26(29)27(30)28-23-13-11-21(12-14-23)9-10-22-16-24(32-5)18-25(17-22)33-6/h9-14,16-20,26H,7-8,15H2,1-6H3,(H,28,30)/b10-9+/t26-/m0/s1. The van der Waals surface area contributed by atoms with E-state index in [-0.39, 0.29) is 18.1 Å². The summed E-state index contributed by atoms with van der Waals surface area (Å²) in [5, 5.41) is 2.95. The molecule has 0 unspecified atom stereocenters. The smallest absolute Gasteiger partial charge is 0.409 e. The van der Waals surface area contributed by atoms with E-state index in [4.69, 9.17) is 18.5 Å². The van der Waals surface area contributed by atoms with Gasteiger partial charge >= 0.3 is 7.75 Å². The number of carbonyl (C=O) groups excluding carboxylic acids is 1. The average Bonchev–Trinajstić information content (AvgIpc) is 3.33. The molecular weight excluding hydrogens is 479 g/mol. The van der Waals surface area contributed by atoms with E-state index in [0.717, 1.165) is 29.0 Å². The molecule has 1 atom stereocenters. The topological polar surface area (TPSA) is 86.3 Å². The first kappa shape index (κ1) is 27.9. The fourth-order valence-corrected chi connectivity index (χ4v) is 6.32. The summed E-state index contributed by atoms with van der Waals surface area (Å²) < 4.78 is 37.3. The molecule has 2 aromatic carbocycles. The second kappa shape index (κ2) is 12.5. The Morgan fingerprint density at radius 1 is 0.944 bits per heavy atom. The lowest BCUT2D eigenvalue weighted by Crippen LogP contribution is -2.39. The summed E-state index contributed by atoms with van der Waals surface area (Å²) in [5.74, 6) is 1.21. The van der Waals surface area contributed by atoms with Gasteiger partial charge in [-0.3, -0.25) is 13.8 Å². The SMILES string of the molecule is COc1cc(/C=C/c2ccc(NC(=O)[C@@H]3CCCN3P(=O)(OC(C)C)OC(C)C)cc2)cc(OC)c1. The minimum absolute atomic E-state index is 0.223. The summed E-state index contributed by atoms with van der Waals surface area (Å²) in [6.45, 7) is 7.71. The van der Waals surface area contributed by atoms with Crippen LogP contribution in [0.2, 0.25) is 0 Å². The van der Waals surface area contributed by atoms with Gasteiger partial charge in [-0.25, -0.2) is 4.57 Å². The van der Waals surface area contributed by atoms with Gasteiger partial charge in [-0.15, -0.1) is 0 Å². The molecule has 0 spiro atoms. The Hall–Kier alpha value is -2.64. The molecule has 196 valence electrons. The van der Waals surface area contributed by atoms with Gasteiger partial charge in [-0.2, -0.15) is 4.67 Å². The molecule has 1 amide bonds. The van der Waals surface area contributed by atoms with Gasteiger partial charge in [0.15, 0.2) is 0 Å². The third-order valence-corrected chi connectivity index (χ3v) is 8.03. The largest absolute Gasteiger partial charge is 0.497 e. The molecule has 2 aromatic rings. The summed E-state index contributed by atoms with van der Waals surface area (Å²) in [5.41, 5.74) is 2.58. The van der Waals surface area contributed by atoms with Crippen LogP contribution >= 0.6 is 7.75 Å². The molecule has 1 fully saturated rings. The van der Waals surface area contributed by atoms with Crippen molar-refractivity contribution in [2.45, 2.75) is 58.8 Å². The summed E-state index contributed by atoms with van der Waals surface area (Å²) in [4.78, 5) is 13.1. The molecule has 0 radical (unpaired) electrons. The van der Waals surface area contributed by atoms with Gasteiger partial charge in [0.1, 0.15) is 11.5 Å². The highest BCUT2D eigenvalue weighted by Gasteiger charge is 2.45. The Bertz CT molecular complexity index is 1060. The molecule has 3 rings (SSSR count). The van der Waals surface area contributed by atoms with Gasteiger partial charge in [0, 0.05) is 18.3 Å². The summed E-state index contributed by atoms with van der Waals surface area (Å²) >= 11 is 0. The van der Waals surface area contributed by atoms with Gasteiger partial charge < -0.3 is 14.8 Å². The first-order valence-corrected chi connectivity index (χ1v) is 13.7. The Balaban J connectivity index is 1.69. The zero-order valence-corrected chi connectivity index (χ0v) is 22.8. The first-order chi connectivity index (χ1) is 17.1. The predicted molar refractivity (Wildman–Crippen MR) is 143 cm³/mol. The third kappa shape index (κ3) is 7.43. The van der Waals surface area contributed by atoms with Crippen molar-refractivity contribution >= 4 is 31.5 Å². The molecule has 8 nitrogen and oxygen atoms in total. The first-order valence-electron chi connectivity index (χ1n) is 12.2. The van der Waals surface area contributed by atoms with Gasteiger partial charge in [-0.05, 0) is 75.9 Å². The number of nitrogens with zero attached hydrogens (tertiary/aromatic N) is 1. The number of hydrogen-bond acceptors (Lipinski definition) is 6. The highest BCUT2D eigenvalue weighted by Crippen LogP contribution is 2.57. The number of ether oxygens (including phenoxy) is 2. The number of carbonyl (C=O) groups is 1. The highest BCUT2D eigenvalue weighted by molar-refractivity contribution is 7.51. The van der Waals surface area contributed by atoms with Gasteiger partial charge in [-0.1, -0.05) is 24.3 Å². The summed E-state index contributed by atoms with van der Waals surface area (Å²) in [6.07, 6.45) is 4.68. The molecule has 1 heterocycles. The Kier molecular flexibility index (Phi) is 9.74. The van der Waals surface area contributed by atoms with Crippen LogP contribution < -0.4 is 14.8 Å². The van der Waals surface area contributed by atoms with Crippen molar-refractivity contribution in [2.75, 3.05) is 26.1 Å². The van der Waals surface area contributed by atoms with Gasteiger partial charge in [0.25, 0.3) is 0 Å². The van der Waals surface area contributed by atoms with Crippen LogP contribution in [0.3, 0.4) is 0 Å². The lowest BCUT2D eigenvalue weighted by molar-refractivity contribution is -0.119. The zero-order chi connectivity index (χ0) is 26.3. The maximum absolute atomic E-state index is 13.6. The van der Waals surface area contributed by atoms with Crippen LogP contribution in [0, 0.1) is 0 Å². The fourth-order valence-electron chi connectivity index (χ4n) is 4.01. The molecule has 0 aliphatic carbocycles. The van der Waals surface area contributed by atoms with Crippen molar-refractivity contribution in [3.8, 4) is 11.5 Å². The number of anilines is 1. The normalized spacial score (nSPS) is 16.7. The van der Waals surface area contributed by atoms with E-state index in [9.17, 15) is 9.36 Å². The Morgan fingerprint density at radius 3 is 2.03 bits per heavy atom. The van der Waals surface area contributed by atoms with Crippen LogP contribution in [0.15, 0.2) is 42.5 Å². The quantitative estimate of drug-likeness (QED) is 0.280. The second-order valence-electron chi connectivity index (χ2n) is 9.19. The molecule has 1 aliphatic rings. The predicted octanol–water partition coefficient (Wildman–Crippen LogP) is 6.24. The summed E-state index contributed by atoms with van der Waals surface area (Å²) in [7, 11) is -0.369. The van der Waals surface area contributed by atoms with Crippen LogP contribution in [0.25, 0.3) is 12.2 Å². The highest BCUT2D eigenvalue weighted by atomic mass is 31.2. The molecular formula is C27H37N2O6P. The molecule has 1 aliphatic heterocycles. The zero-order valence-electron chi connectivity index (χ0n) is 21.9. The third-order valence-electron chi connectivity index (χ3n) is 5.55. The fraction of sp³-hybridized carbons (Fsp3) is 0.444. The van der Waals surface area contributed by atoms with E-state index in [1.165, 1.54) is 0 Å². The lowest BCUT2D eigenvalue weighted by Gasteiger charge is -2.33. The van der Waals surface area contributed by atoms with Crippen molar-refractivity contribution in [3.05, 3.63) is 53.6 Å². The van der Waals surface area contributed by atoms with Gasteiger partial charge in [0.2, 0.25) is 5.91 Å². The minimum Gasteiger partial charge on any atom is -0.497 e. The minimum atomic E-state index is -3.61. The number of methoxy groups -OCH3 is 2. The number of nitrogens with one attached hydrogen (secondary N) is 1. The molecule has 0 aromatic heterocycles. The number of rotatable bonds is 11. The van der Waals surface area contributed by atoms with Crippen LogP contribution in [0.5, 0.6) is 11.5 Å². The Labute approximate surface area is 214 Å².